The van der Waals surface area contributed by atoms with Gasteiger partial charge in [-0.25, -0.2) is 9.18 Å². The number of benzene rings is 1. The highest BCUT2D eigenvalue weighted by molar-refractivity contribution is 5.66. The van der Waals surface area contributed by atoms with Gasteiger partial charge in [0.05, 0.1) is 18.4 Å². The molecule has 1 saturated heterocycles. The summed E-state index contributed by atoms with van der Waals surface area (Å²) in [6.45, 7) is 7.51. The lowest BCUT2D eigenvalue weighted by Gasteiger charge is -2.46. The molecule has 8 heteroatoms. The van der Waals surface area contributed by atoms with Crippen molar-refractivity contribution in [1.29, 1.82) is 0 Å². The van der Waals surface area contributed by atoms with E-state index in [4.69, 9.17) is 0 Å². The van der Waals surface area contributed by atoms with Crippen molar-refractivity contribution in [2.45, 2.75) is 76.0 Å². The molecule has 2 fully saturated rings. The van der Waals surface area contributed by atoms with Gasteiger partial charge in [0.25, 0.3) is 0 Å². The number of likely N-dealkylation sites (tertiary alicyclic amines) is 1. The molecule has 1 N–H and O–H groups in total. The van der Waals surface area contributed by atoms with E-state index in [2.05, 4.69) is 15.1 Å². The first-order valence-electron chi connectivity index (χ1n) is 11.1. The van der Waals surface area contributed by atoms with Crippen molar-refractivity contribution in [2.75, 3.05) is 13.1 Å². The molecule has 1 aliphatic carbocycles. The maximum Gasteiger partial charge on any atom is 0.408 e. The van der Waals surface area contributed by atoms with Crippen LogP contribution in [0.2, 0.25) is 0 Å². The van der Waals surface area contributed by atoms with Gasteiger partial charge >= 0.3 is 6.09 Å². The van der Waals surface area contributed by atoms with Crippen LogP contribution in [0.25, 0.3) is 0 Å². The largest absolute Gasteiger partial charge is 0.465 e. The molecule has 0 radical (unpaired) electrons. The molecule has 1 aromatic carbocycles. The molecule has 168 valence electrons. The molecule has 4 rings (SSSR count). The number of hydrogen-bond acceptors (Lipinski definition) is 4. The van der Waals surface area contributed by atoms with Crippen molar-refractivity contribution >= 4 is 6.09 Å². The molecule has 4 atom stereocenters. The maximum absolute atomic E-state index is 13.4. The lowest BCUT2D eigenvalue weighted by atomic mass is 9.95. The molecule has 1 aromatic heterocycles. The predicted molar refractivity (Wildman–Crippen MR) is 115 cm³/mol. The van der Waals surface area contributed by atoms with Crippen LogP contribution in [-0.4, -0.2) is 66.7 Å². The van der Waals surface area contributed by atoms with Gasteiger partial charge in [0.1, 0.15) is 5.82 Å². The number of nitrogens with zero attached hydrogens (tertiary/aromatic N) is 5. The average molecular weight is 430 g/mol. The van der Waals surface area contributed by atoms with Crippen molar-refractivity contribution in [3.63, 3.8) is 0 Å². The Morgan fingerprint density at radius 2 is 1.77 bits per heavy atom. The number of aromatic nitrogens is 3. The summed E-state index contributed by atoms with van der Waals surface area (Å²) in [5.74, 6) is 0.0681. The number of carboxylic acid groups (broad SMARTS) is 1. The molecule has 2 heterocycles. The Kier molecular flexibility index (Phi) is 6.01. The number of amides is 1. The first kappa shape index (κ1) is 21.7. The highest BCUT2D eigenvalue weighted by atomic mass is 19.1. The fraction of sp³-hybridized carbons (Fsp3) is 0.609. The van der Waals surface area contributed by atoms with Gasteiger partial charge in [0, 0.05) is 24.2 Å². The summed E-state index contributed by atoms with van der Waals surface area (Å²) in [5.41, 5.74) is 0.686. The maximum atomic E-state index is 13.4. The highest BCUT2D eigenvalue weighted by Gasteiger charge is 2.44. The van der Waals surface area contributed by atoms with Gasteiger partial charge in [-0.05, 0) is 76.6 Å². The molecule has 1 saturated carbocycles. The zero-order valence-electron chi connectivity index (χ0n) is 18.5. The van der Waals surface area contributed by atoms with Crippen LogP contribution in [-0.2, 0) is 0 Å². The average Bonchev–Trinajstić information content (AvgIpc) is 3.37. The number of hydrogen-bond donors (Lipinski definition) is 1. The van der Waals surface area contributed by atoms with Crippen molar-refractivity contribution < 1.29 is 14.3 Å². The molecule has 2 aliphatic rings. The van der Waals surface area contributed by atoms with Gasteiger partial charge in [0.2, 0.25) is 0 Å². The van der Waals surface area contributed by atoms with E-state index < -0.39 is 11.6 Å². The lowest BCUT2D eigenvalue weighted by molar-refractivity contribution is 0.0186. The fourth-order valence-electron chi connectivity index (χ4n) is 5.52. The van der Waals surface area contributed by atoms with Crippen LogP contribution in [0.5, 0.6) is 0 Å². The summed E-state index contributed by atoms with van der Waals surface area (Å²) in [7, 11) is 0. The Morgan fingerprint density at radius 1 is 1.13 bits per heavy atom. The van der Waals surface area contributed by atoms with E-state index in [9.17, 15) is 14.3 Å². The third kappa shape index (κ3) is 4.59. The van der Waals surface area contributed by atoms with Gasteiger partial charge in [-0.15, -0.1) is 0 Å². The minimum atomic E-state index is -0.861. The Bertz CT molecular complexity index is 880. The smallest absolute Gasteiger partial charge is 0.408 e. The monoisotopic (exact) mass is 429 g/mol. The van der Waals surface area contributed by atoms with Gasteiger partial charge in [-0.1, -0.05) is 12.1 Å². The van der Waals surface area contributed by atoms with Crippen molar-refractivity contribution in [3.8, 4) is 0 Å². The molecule has 0 bridgehead atoms. The standard InChI is InChI=1S/C23H32FN5O2/c1-23(2,3)28(22(30)31)19-5-4-12-27(15-19)20-13-17(16-6-8-18(24)9-7-16)14-21(20)29-25-10-11-26-29/h6-11,17,19-21H,4-5,12-15H2,1-3H3,(H,30,31)/t17?,19-,20?,21?/m1/s1. The number of piperidine rings is 1. The van der Waals surface area contributed by atoms with Crippen LogP contribution in [0.1, 0.15) is 64.0 Å². The Labute approximate surface area is 182 Å². The molecule has 1 amide bonds. The van der Waals surface area contributed by atoms with Crippen LogP contribution < -0.4 is 0 Å². The van der Waals surface area contributed by atoms with E-state index in [1.165, 1.54) is 12.1 Å². The Morgan fingerprint density at radius 3 is 2.39 bits per heavy atom. The molecule has 2 aromatic rings. The molecule has 0 spiro atoms. The van der Waals surface area contributed by atoms with E-state index in [1.54, 1.807) is 22.1 Å². The third-order valence-corrected chi connectivity index (χ3v) is 6.76. The number of carbonyl (C=O) groups is 1. The SMILES string of the molecule is CC(C)(C)N(C(=O)O)[C@@H]1CCCN(C2CC(c3ccc(F)cc3)CC2n2nccn2)C1. The van der Waals surface area contributed by atoms with Gasteiger partial charge in [-0.2, -0.15) is 15.0 Å². The summed E-state index contributed by atoms with van der Waals surface area (Å²) >= 11 is 0. The van der Waals surface area contributed by atoms with Crippen LogP contribution in [0, 0.1) is 5.82 Å². The first-order valence-corrected chi connectivity index (χ1v) is 11.1. The zero-order chi connectivity index (χ0) is 22.2. The number of rotatable bonds is 4. The van der Waals surface area contributed by atoms with E-state index in [0.29, 0.717) is 12.5 Å². The Balaban J connectivity index is 1.58. The van der Waals surface area contributed by atoms with E-state index in [0.717, 1.165) is 37.8 Å². The summed E-state index contributed by atoms with van der Waals surface area (Å²) in [6.07, 6.45) is 6.18. The van der Waals surface area contributed by atoms with Crippen molar-refractivity contribution in [1.82, 2.24) is 24.8 Å². The van der Waals surface area contributed by atoms with Crippen LogP contribution in [0.15, 0.2) is 36.7 Å². The quantitative estimate of drug-likeness (QED) is 0.790. The second-order valence-corrected chi connectivity index (χ2v) is 9.82. The molecular formula is C23H32FN5O2. The summed E-state index contributed by atoms with van der Waals surface area (Å²) in [5, 5.41) is 18.7. The van der Waals surface area contributed by atoms with Gasteiger partial charge in [0.15, 0.2) is 0 Å². The van der Waals surface area contributed by atoms with E-state index >= 15 is 0 Å². The summed E-state index contributed by atoms with van der Waals surface area (Å²) in [6, 6.07) is 7.07. The van der Waals surface area contributed by atoms with Crippen molar-refractivity contribution in [2.24, 2.45) is 0 Å². The van der Waals surface area contributed by atoms with Gasteiger partial charge in [-0.3, -0.25) is 9.80 Å². The molecular weight excluding hydrogens is 397 g/mol. The summed E-state index contributed by atoms with van der Waals surface area (Å²) in [4.78, 5) is 17.9. The van der Waals surface area contributed by atoms with E-state index in [1.807, 2.05) is 32.9 Å². The third-order valence-electron chi connectivity index (χ3n) is 6.76. The normalized spacial score (nSPS) is 27.4. The van der Waals surface area contributed by atoms with Crippen molar-refractivity contribution in [3.05, 3.63) is 48.0 Å². The minimum Gasteiger partial charge on any atom is -0.465 e. The molecule has 7 nitrogen and oxygen atoms in total. The molecule has 3 unspecified atom stereocenters. The fourth-order valence-corrected chi connectivity index (χ4v) is 5.52. The zero-order valence-corrected chi connectivity index (χ0v) is 18.5. The molecule has 1 aliphatic heterocycles. The second-order valence-electron chi connectivity index (χ2n) is 9.82. The molecule has 31 heavy (non-hydrogen) atoms. The van der Waals surface area contributed by atoms with Crippen LogP contribution in [0.3, 0.4) is 0 Å². The Hall–Kier alpha value is -2.48. The highest BCUT2D eigenvalue weighted by Crippen LogP contribution is 2.44. The first-order chi connectivity index (χ1) is 14.7. The van der Waals surface area contributed by atoms with Crippen LogP contribution in [0.4, 0.5) is 9.18 Å². The minimum absolute atomic E-state index is 0.0395. The van der Waals surface area contributed by atoms with Gasteiger partial charge < -0.3 is 5.11 Å². The van der Waals surface area contributed by atoms with Crippen LogP contribution >= 0.6 is 0 Å². The summed E-state index contributed by atoms with van der Waals surface area (Å²) < 4.78 is 13.4. The lowest BCUT2D eigenvalue weighted by Crippen LogP contribution is -2.58. The second kappa shape index (κ2) is 8.57. The number of halogens is 1. The topological polar surface area (TPSA) is 74.5 Å². The van der Waals surface area contributed by atoms with E-state index in [-0.39, 0.29) is 23.9 Å². The predicted octanol–water partition coefficient (Wildman–Crippen LogP) is 4.15.